The lowest BCUT2D eigenvalue weighted by Crippen LogP contribution is -2.42. The van der Waals surface area contributed by atoms with Crippen LogP contribution < -0.4 is 27.1 Å². The number of carboxylic acid groups (broad SMARTS) is 1. The van der Waals surface area contributed by atoms with Gasteiger partial charge in [0.05, 0.1) is 18.4 Å². The second-order valence-corrected chi connectivity index (χ2v) is 9.58. The highest BCUT2D eigenvalue weighted by molar-refractivity contribution is 6.58. The highest BCUT2D eigenvalue weighted by atomic mass is 16.5. The van der Waals surface area contributed by atoms with Crippen molar-refractivity contribution in [1.82, 2.24) is 25.3 Å². The SMILES string of the molecule is CN(Cc1cnc2nc(N)nc(N)c2n1)c1ccc(C(=O)NC(CCC(=O)O)C(=O)OCc2ccc(B(O)O)cc2)cc1. The minimum Gasteiger partial charge on any atom is -0.481 e. The Hall–Kier alpha value is -5.35. The first-order valence-corrected chi connectivity index (χ1v) is 13.0. The molecule has 16 heteroatoms. The number of aromatic nitrogens is 4. The van der Waals surface area contributed by atoms with Crippen LogP contribution in [0, 0.1) is 0 Å². The van der Waals surface area contributed by atoms with Gasteiger partial charge in [0.25, 0.3) is 5.91 Å². The van der Waals surface area contributed by atoms with E-state index in [0.29, 0.717) is 23.3 Å². The molecule has 8 N–H and O–H groups in total. The number of fused-ring (bicyclic) bond motifs is 1. The molecular weight excluding hydrogens is 559 g/mol. The van der Waals surface area contributed by atoms with Crippen LogP contribution in [-0.2, 0) is 27.5 Å². The molecule has 4 aromatic rings. The van der Waals surface area contributed by atoms with E-state index < -0.39 is 31.0 Å². The smallest absolute Gasteiger partial charge is 0.481 e. The van der Waals surface area contributed by atoms with Crippen molar-refractivity contribution in [3.05, 3.63) is 71.5 Å². The van der Waals surface area contributed by atoms with E-state index in [0.717, 1.165) is 5.69 Å². The van der Waals surface area contributed by atoms with Gasteiger partial charge in [0.2, 0.25) is 5.95 Å². The number of anilines is 3. The number of amides is 1. The molecule has 1 atom stereocenters. The summed E-state index contributed by atoms with van der Waals surface area (Å²) in [6.45, 7) is 0.196. The topological polar surface area (TPSA) is 240 Å². The van der Waals surface area contributed by atoms with Gasteiger partial charge in [0.15, 0.2) is 17.0 Å². The number of nitrogens with two attached hydrogens (primary N) is 2. The van der Waals surface area contributed by atoms with Gasteiger partial charge in [0, 0.05) is 24.7 Å². The summed E-state index contributed by atoms with van der Waals surface area (Å²) in [5, 5.41) is 30.1. The molecular formula is C27H29BN8O7. The molecule has 0 radical (unpaired) electrons. The summed E-state index contributed by atoms with van der Waals surface area (Å²) >= 11 is 0. The van der Waals surface area contributed by atoms with Gasteiger partial charge in [-0.2, -0.15) is 9.97 Å². The van der Waals surface area contributed by atoms with Crippen LogP contribution in [0.3, 0.4) is 0 Å². The summed E-state index contributed by atoms with van der Waals surface area (Å²) in [5.41, 5.74) is 14.6. The molecule has 2 aromatic carbocycles. The molecule has 0 saturated heterocycles. The number of ether oxygens (including phenoxy) is 1. The molecule has 1 amide bonds. The van der Waals surface area contributed by atoms with Gasteiger partial charge < -0.3 is 41.6 Å². The minimum absolute atomic E-state index is 0.00533. The largest absolute Gasteiger partial charge is 0.488 e. The van der Waals surface area contributed by atoms with Gasteiger partial charge in [-0.1, -0.05) is 24.3 Å². The fourth-order valence-corrected chi connectivity index (χ4v) is 4.06. The molecule has 0 aliphatic carbocycles. The van der Waals surface area contributed by atoms with Crippen LogP contribution in [0.4, 0.5) is 17.5 Å². The van der Waals surface area contributed by atoms with E-state index in [9.17, 15) is 24.4 Å². The number of rotatable bonds is 12. The van der Waals surface area contributed by atoms with E-state index in [-0.39, 0.29) is 47.9 Å². The quantitative estimate of drug-likeness (QED) is 0.0913. The number of nitrogens with one attached hydrogen (secondary N) is 1. The Kier molecular flexibility index (Phi) is 9.64. The van der Waals surface area contributed by atoms with Gasteiger partial charge in [-0.05, 0) is 41.7 Å². The van der Waals surface area contributed by atoms with Gasteiger partial charge in [0.1, 0.15) is 12.6 Å². The Morgan fingerprint density at radius 3 is 2.37 bits per heavy atom. The van der Waals surface area contributed by atoms with Crippen LogP contribution in [0.2, 0.25) is 0 Å². The number of nitrogens with zero attached hydrogens (tertiary/aromatic N) is 5. The predicted octanol–water partition coefficient (Wildman–Crippen LogP) is -0.393. The van der Waals surface area contributed by atoms with Crippen molar-refractivity contribution < 1.29 is 34.3 Å². The molecule has 0 saturated carbocycles. The van der Waals surface area contributed by atoms with Crippen LogP contribution in [0.1, 0.15) is 34.5 Å². The fraction of sp³-hybridized carbons (Fsp3) is 0.222. The molecule has 4 rings (SSSR count). The second kappa shape index (κ2) is 13.5. The zero-order valence-corrected chi connectivity index (χ0v) is 23.0. The number of hydrogen-bond acceptors (Lipinski definition) is 13. The van der Waals surface area contributed by atoms with Gasteiger partial charge in [-0.25, -0.2) is 14.8 Å². The number of nitrogen functional groups attached to an aromatic ring is 2. The standard InChI is InChI=1S/C27H29BN8O7/c1-36(13-18-12-31-24-22(32-18)23(29)34-27(30)35-24)19-8-4-16(5-9-19)25(39)33-20(10-11-21(37)38)26(40)43-14-15-2-6-17(7-3-15)28(41)42/h2-9,12,20,41-42H,10-11,13-14H2,1H3,(H,33,39)(H,37,38)(H4,29,30,31,34,35). The Balaban J connectivity index is 1.38. The highest BCUT2D eigenvalue weighted by Crippen LogP contribution is 2.19. The minimum atomic E-state index is -1.63. The lowest BCUT2D eigenvalue weighted by Gasteiger charge is -2.20. The number of carbonyl (C=O) groups is 3. The van der Waals surface area contributed by atoms with Crippen LogP contribution >= 0.6 is 0 Å². The monoisotopic (exact) mass is 588 g/mol. The third kappa shape index (κ3) is 8.11. The Labute approximate surface area is 245 Å². The maximum absolute atomic E-state index is 13.0. The third-order valence-electron chi connectivity index (χ3n) is 6.37. The number of carboxylic acids is 1. The van der Waals surface area contributed by atoms with Crippen LogP contribution in [0.5, 0.6) is 0 Å². The van der Waals surface area contributed by atoms with Crippen LogP contribution in [0.25, 0.3) is 11.2 Å². The van der Waals surface area contributed by atoms with Gasteiger partial charge in [-0.15, -0.1) is 0 Å². The van der Waals surface area contributed by atoms with Crippen molar-refractivity contribution >= 4 is 59.0 Å². The average Bonchev–Trinajstić information content (AvgIpc) is 2.98. The summed E-state index contributed by atoms with van der Waals surface area (Å²) in [6, 6.07) is 11.4. The molecule has 0 bridgehead atoms. The molecule has 0 spiro atoms. The Morgan fingerprint density at radius 2 is 1.72 bits per heavy atom. The van der Waals surface area contributed by atoms with E-state index >= 15 is 0 Å². The molecule has 2 heterocycles. The lowest BCUT2D eigenvalue weighted by molar-refractivity contribution is -0.147. The van der Waals surface area contributed by atoms with Crippen molar-refractivity contribution in [2.24, 2.45) is 0 Å². The van der Waals surface area contributed by atoms with Gasteiger partial charge in [-0.3, -0.25) is 9.59 Å². The summed E-state index contributed by atoms with van der Waals surface area (Å²) in [6.07, 6.45) is 1.01. The fourth-order valence-electron chi connectivity index (χ4n) is 4.06. The molecule has 0 fully saturated rings. The number of carbonyl (C=O) groups excluding carboxylic acids is 2. The Morgan fingerprint density at radius 1 is 1.02 bits per heavy atom. The lowest BCUT2D eigenvalue weighted by atomic mass is 9.80. The Bertz CT molecular complexity index is 1620. The van der Waals surface area contributed by atoms with Crippen molar-refractivity contribution in [1.29, 1.82) is 0 Å². The van der Waals surface area contributed by atoms with Crippen molar-refractivity contribution in [3.8, 4) is 0 Å². The maximum atomic E-state index is 13.0. The van der Waals surface area contributed by atoms with Crippen LogP contribution in [-0.4, -0.2) is 73.1 Å². The van der Waals surface area contributed by atoms with E-state index in [1.165, 1.54) is 12.1 Å². The van der Waals surface area contributed by atoms with E-state index in [4.69, 9.17) is 21.3 Å². The summed E-state index contributed by atoms with van der Waals surface area (Å²) in [7, 11) is 0.193. The zero-order valence-electron chi connectivity index (χ0n) is 23.0. The molecule has 0 aliphatic heterocycles. The van der Waals surface area contributed by atoms with E-state index in [1.807, 2.05) is 11.9 Å². The number of aliphatic carboxylic acids is 1. The second-order valence-electron chi connectivity index (χ2n) is 9.58. The zero-order chi connectivity index (χ0) is 31.1. The summed E-state index contributed by atoms with van der Waals surface area (Å²) in [5.74, 6) is -2.39. The molecule has 1 unspecified atom stereocenters. The maximum Gasteiger partial charge on any atom is 0.488 e. The molecule has 43 heavy (non-hydrogen) atoms. The highest BCUT2D eigenvalue weighted by Gasteiger charge is 2.24. The summed E-state index contributed by atoms with van der Waals surface area (Å²) in [4.78, 5) is 55.4. The first-order chi connectivity index (χ1) is 20.5. The van der Waals surface area contributed by atoms with Crippen molar-refractivity contribution in [3.63, 3.8) is 0 Å². The molecule has 222 valence electrons. The van der Waals surface area contributed by atoms with E-state index in [1.54, 1.807) is 42.6 Å². The van der Waals surface area contributed by atoms with Crippen LogP contribution in [0.15, 0.2) is 54.7 Å². The number of benzene rings is 2. The van der Waals surface area contributed by atoms with Crippen molar-refractivity contribution in [2.45, 2.75) is 32.0 Å². The number of hydrogen-bond donors (Lipinski definition) is 6. The molecule has 15 nitrogen and oxygen atoms in total. The third-order valence-corrected chi connectivity index (χ3v) is 6.37. The summed E-state index contributed by atoms with van der Waals surface area (Å²) < 4.78 is 5.30. The first-order valence-electron chi connectivity index (χ1n) is 13.0. The predicted molar refractivity (Wildman–Crippen MR) is 157 cm³/mol. The first kappa shape index (κ1) is 30.6. The molecule has 0 aliphatic rings. The van der Waals surface area contributed by atoms with E-state index in [2.05, 4.69) is 25.3 Å². The average molecular weight is 588 g/mol. The molecule has 2 aromatic heterocycles. The van der Waals surface area contributed by atoms with Gasteiger partial charge >= 0.3 is 19.1 Å². The number of esters is 1. The van der Waals surface area contributed by atoms with Crippen molar-refractivity contribution in [2.75, 3.05) is 23.4 Å². The normalized spacial score (nSPS) is 11.5.